The third-order valence-electron chi connectivity index (χ3n) is 3.54. The maximum atomic E-state index is 12.2. The summed E-state index contributed by atoms with van der Waals surface area (Å²) in [5.41, 5.74) is 0. The zero-order valence-electron chi connectivity index (χ0n) is 11.0. The third-order valence-corrected chi connectivity index (χ3v) is 3.54. The Balaban J connectivity index is 2.00. The summed E-state index contributed by atoms with van der Waals surface area (Å²) in [6.07, 6.45) is 6.83. The molecule has 0 radical (unpaired) electrons. The smallest absolute Gasteiger partial charge is 0.358 e. The van der Waals surface area contributed by atoms with Crippen LogP contribution in [-0.4, -0.2) is 37.9 Å². The molecule has 0 aromatic carbocycles. The van der Waals surface area contributed by atoms with Gasteiger partial charge in [-0.3, -0.25) is 4.79 Å². The van der Waals surface area contributed by atoms with Crippen molar-refractivity contribution in [3.05, 3.63) is 22.6 Å². The first-order chi connectivity index (χ1) is 9.11. The summed E-state index contributed by atoms with van der Waals surface area (Å²) in [6.45, 7) is 2.99. The highest BCUT2D eigenvalue weighted by Gasteiger charge is 2.25. The molecule has 104 valence electrons. The molecule has 1 aliphatic heterocycles. The van der Waals surface area contributed by atoms with E-state index in [2.05, 4.69) is 11.9 Å². The number of imidazole rings is 1. The first-order valence-corrected chi connectivity index (χ1v) is 6.57. The Morgan fingerprint density at radius 3 is 3.00 bits per heavy atom. The van der Waals surface area contributed by atoms with Crippen LogP contribution in [0.2, 0.25) is 0 Å². The van der Waals surface area contributed by atoms with Crippen molar-refractivity contribution in [1.29, 1.82) is 0 Å². The molecule has 0 saturated carbocycles. The van der Waals surface area contributed by atoms with Gasteiger partial charge in [0.15, 0.2) is 0 Å². The number of hydrogen-bond donors (Lipinski definition) is 0. The molecule has 7 heteroatoms. The number of likely N-dealkylation sites (tertiary alicyclic amines) is 1. The van der Waals surface area contributed by atoms with E-state index in [0.717, 1.165) is 25.8 Å². The molecule has 1 aromatic heterocycles. The summed E-state index contributed by atoms with van der Waals surface area (Å²) in [4.78, 5) is 27.7. The Morgan fingerprint density at radius 2 is 2.37 bits per heavy atom. The van der Waals surface area contributed by atoms with Crippen LogP contribution in [0.3, 0.4) is 0 Å². The molecule has 1 fully saturated rings. The van der Waals surface area contributed by atoms with E-state index in [0.29, 0.717) is 6.04 Å². The molecule has 2 heterocycles. The molecule has 0 N–H and O–H groups in total. The Morgan fingerprint density at radius 1 is 1.58 bits per heavy atom. The average molecular weight is 266 g/mol. The zero-order chi connectivity index (χ0) is 13.8. The summed E-state index contributed by atoms with van der Waals surface area (Å²) in [6, 6.07) is 0.305. The fourth-order valence-corrected chi connectivity index (χ4v) is 2.53. The van der Waals surface area contributed by atoms with Crippen molar-refractivity contribution < 1.29 is 9.72 Å². The first-order valence-electron chi connectivity index (χ1n) is 6.57. The van der Waals surface area contributed by atoms with Crippen molar-refractivity contribution in [1.82, 2.24) is 14.5 Å². The van der Waals surface area contributed by atoms with Gasteiger partial charge in [-0.1, -0.05) is 6.92 Å². The first kappa shape index (κ1) is 13.5. The van der Waals surface area contributed by atoms with Gasteiger partial charge in [0.05, 0.1) is 0 Å². The number of hydrogen-bond acceptors (Lipinski definition) is 4. The number of amides is 1. The zero-order valence-corrected chi connectivity index (χ0v) is 11.0. The molecule has 19 heavy (non-hydrogen) atoms. The topological polar surface area (TPSA) is 81.3 Å². The normalized spacial score (nSPS) is 19.4. The number of piperidine rings is 1. The van der Waals surface area contributed by atoms with Crippen molar-refractivity contribution >= 4 is 11.7 Å². The molecule has 1 saturated heterocycles. The van der Waals surface area contributed by atoms with Gasteiger partial charge in [-0.15, -0.1) is 0 Å². The lowest BCUT2D eigenvalue weighted by Gasteiger charge is -2.35. The van der Waals surface area contributed by atoms with Gasteiger partial charge in [0.1, 0.15) is 12.7 Å². The molecule has 1 aliphatic rings. The van der Waals surface area contributed by atoms with Crippen LogP contribution in [0.5, 0.6) is 0 Å². The molecule has 1 atom stereocenters. The molecule has 7 nitrogen and oxygen atoms in total. The molecule has 0 aliphatic carbocycles. The quantitative estimate of drug-likeness (QED) is 0.612. The Bertz CT molecular complexity index is 471. The fourth-order valence-electron chi connectivity index (χ4n) is 2.53. The summed E-state index contributed by atoms with van der Waals surface area (Å²) in [5, 5.41) is 10.5. The summed E-state index contributed by atoms with van der Waals surface area (Å²) >= 11 is 0. The highest BCUT2D eigenvalue weighted by atomic mass is 16.6. The number of carbonyl (C=O) groups is 1. The minimum Gasteiger partial charge on any atom is -0.358 e. The predicted molar refractivity (Wildman–Crippen MR) is 68.5 cm³/mol. The van der Waals surface area contributed by atoms with Crippen LogP contribution in [0.25, 0.3) is 0 Å². The lowest BCUT2D eigenvalue weighted by atomic mass is 10.00. The van der Waals surface area contributed by atoms with Gasteiger partial charge in [0, 0.05) is 12.6 Å². The van der Waals surface area contributed by atoms with E-state index >= 15 is 0 Å². The highest BCUT2D eigenvalue weighted by Crippen LogP contribution is 2.20. The summed E-state index contributed by atoms with van der Waals surface area (Å²) < 4.78 is 1.47. The second-order valence-electron chi connectivity index (χ2n) is 4.81. The van der Waals surface area contributed by atoms with E-state index in [4.69, 9.17) is 0 Å². The number of rotatable bonds is 4. The maximum Gasteiger partial charge on any atom is 0.381 e. The van der Waals surface area contributed by atoms with Gasteiger partial charge < -0.3 is 19.6 Å². The van der Waals surface area contributed by atoms with Crippen LogP contribution in [0.4, 0.5) is 5.82 Å². The lowest BCUT2D eigenvalue weighted by Crippen LogP contribution is -2.44. The maximum absolute atomic E-state index is 12.2. The van der Waals surface area contributed by atoms with Crippen molar-refractivity contribution in [2.24, 2.45) is 0 Å². The van der Waals surface area contributed by atoms with Crippen LogP contribution in [0.1, 0.15) is 32.6 Å². The third kappa shape index (κ3) is 3.10. The largest absolute Gasteiger partial charge is 0.381 e. The van der Waals surface area contributed by atoms with E-state index in [1.54, 1.807) is 0 Å². The SMILES string of the molecule is CC[C@H]1CCCCN1C(=O)Cn1cnc([N+](=O)[O-])c1. The second kappa shape index (κ2) is 5.81. The standard InChI is InChI=1S/C12H18N4O3/c1-2-10-5-3-4-6-15(10)12(17)8-14-7-11(13-9-14)16(18)19/h7,9-10H,2-6,8H2,1H3/t10-/m0/s1. The van der Waals surface area contributed by atoms with Gasteiger partial charge >= 0.3 is 5.82 Å². The van der Waals surface area contributed by atoms with Gasteiger partial charge in [0.2, 0.25) is 12.2 Å². The fraction of sp³-hybridized carbons (Fsp3) is 0.667. The van der Waals surface area contributed by atoms with Gasteiger partial charge in [-0.2, -0.15) is 0 Å². The summed E-state index contributed by atoms with van der Waals surface area (Å²) in [5.74, 6) is -0.211. The van der Waals surface area contributed by atoms with E-state index < -0.39 is 4.92 Å². The molecule has 0 spiro atoms. The number of nitro groups is 1. The molecule has 2 rings (SSSR count). The van der Waals surface area contributed by atoms with Crippen LogP contribution in [-0.2, 0) is 11.3 Å². The van der Waals surface area contributed by atoms with E-state index in [9.17, 15) is 14.9 Å². The van der Waals surface area contributed by atoms with E-state index in [1.807, 2.05) is 4.90 Å². The van der Waals surface area contributed by atoms with Crippen LogP contribution in [0, 0.1) is 10.1 Å². The molecular weight excluding hydrogens is 248 g/mol. The lowest BCUT2D eigenvalue weighted by molar-refractivity contribution is -0.389. The number of aromatic nitrogens is 2. The van der Waals surface area contributed by atoms with E-state index in [1.165, 1.54) is 23.5 Å². The van der Waals surface area contributed by atoms with Gasteiger partial charge in [0.25, 0.3) is 0 Å². The van der Waals surface area contributed by atoms with Crippen molar-refractivity contribution in [3.8, 4) is 0 Å². The molecular formula is C12H18N4O3. The van der Waals surface area contributed by atoms with Crippen molar-refractivity contribution in [2.45, 2.75) is 45.2 Å². The Labute approximate surface area is 111 Å². The number of nitrogens with zero attached hydrogens (tertiary/aromatic N) is 4. The van der Waals surface area contributed by atoms with E-state index in [-0.39, 0.29) is 18.3 Å². The second-order valence-corrected chi connectivity index (χ2v) is 4.81. The Hall–Kier alpha value is -1.92. The van der Waals surface area contributed by atoms with Gasteiger partial charge in [-0.05, 0) is 35.6 Å². The van der Waals surface area contributed by atoms with Crippen LogP contribution in [0.15, 0.2) is 12.5 Å². The minimum atomic E-state index is -0.559. The van der Waals surface area contributed by atoms with Crippen molar-refractivity contribution in [2.75, 3.05) is 6.54 Å². The molecule has 1 aromatic rings. The predicted octanol–water partition coefficient (Wildman–Crippen LogP) is 1.58. The minimum absolute atomic E-state index is 0.0128. The van der Waals surface area contributed by atoms with Crippen LogP contribution < -0.4 is 0 Å². The van der Waals surface area contributed by atoms with Crippen LogP contribution >= 0.6 is 0 Å². The molecule has 0 unspecified atom stereocenters. The summed E-state index contributed by atoms with van der Waals surface area (Å²) in [7, 11) is 0. The molecule has 0 bridgehead atoms. The number of carbonyl (C=O) groups excluding carboxylic acids is 1. The Kier molecular flexibility index (Phi) is 4.13. The van der Waals surface area contributed by atoms with Gasteiger partial charge in [-0.25, -0.2) is 0 Å². The van der Waals surface area contributed by atoms with Crippen molar-refractivity contribution in [3.63, 3.8) is 0 Å². The monoisotopic (exact) mass is 266 g/mol. The average Bonchev–Trinajstić information content (AvgIpc) is 2.87. The molecule has 1 amide bonds. The highest BCUT2D eigenvalue weighted by molar-refractivity contribution is 5.76.